The van der Waals surface area contributed by atoms with Crippen molar-refractivity contribution in [2.24, 2.45) is 0 Å². The zero-order valence-electron chi connectivity index (χ0n) is 17.0. The highest BCUT2D eigenvalue weighted by Gasteiger charge is 2.22. The maximum atomic E-state index is 12.7. The number of aromatic nitrogens is 6. The van der Waals surface area contributed by atoms with Gasteiger partial charge in [-0.15, -0.1) is 0 Å². The molecule has 33 heavy (non-hydrogen) atoms. The van der Waals surface area contributed by atoms with Gasteiger partial charge in [-0.25, -0.2) is 9.97 Å². The molecular weight excluding hydrogens is 426 g/mol. The third-order valence-electron chi connectivity index (χ3n) is 4.16. The van der Waals surface area contributed by atoms with Gasteiger partial charge in [-0.2, -0.15) is 4.98 Å². The predicted octanol–water partition coefficient (Wildman–Crippen LogP) is 1.66. The summed E-state index contributed by atoms with van der Waals surface area (Å²) in [7, 11) is 0. The molecule has 1 unspecified atom stereocenters. The Morgan fingerprint density at radius 3 is 1.45 bits per heavy atom. The molecule has 0 saturated heterocycles. The van der Waals surface area contributed by atoms with Gasteiger partial charge in [-0.05, 0) is 36.4 Å². The van der Waals surface area contributed by atoms with Crippen LogP contribution >= 0.6 is 0 Å². The van der Waals surface area contributed by atoms with E-state index in [2.05, 4.69) is 45.9 Å². The SMILES string of the molecule is O=C(Nc1ccncc1)c1nc(C(=O)Nc2ccncc2)nc(C(O)Nc2ccncc2)n1. The van der Waals surface area contributed by atoms with E-state index in [4.69, 9.17) is 0 Å². The Bertz CT molecular complexity index is 1170. The highest BCUT2D eigenvalue weighted by atomic mass is 16.3. The normalized spacial score (nSPS) is 11.3. The Balaban J connectivity index is 1.64. The van der Waals surface area contributed by atoms with E-state index in [1.807, 2.05) is 0 Å². The van der Waals surface area contributed by atoms with E-state index in [0.29, 0.717) is 17.1 Å². The number of carbonyl (C=O) groups is 2. The lowest BCUT2D eigenvalue weighted by molar-refractivity contribution is 0.100. The number of nitrogens with one attached hydrogen (secondary N) is 3. The number of anilines is 3. The summed E-state index contributed by atoms with van der Waals surface area (Å²) in [6, 6.07) is 9.57. The van der Waals surface area contributed by atoms with E-state index in [1.165, 1.54) is 37.2 Å². The second kappa shape index (κ2) is 9.98. The van der Waals surface area contributed by atoms with Crippen molar-refractivity contribution in [3.63, 3.8) is 0 Å². The maximum Gasteiger partial charge on any atom is 0.293 e. The maximum absolute atomic E-state index is 12.7. The van der Waals surface area contributed by atoms with Crippen molar-refractivity contribution >= 4 is 28.9 Å². The molecule has 12 nitrogen and oxygen atoms in total. The summed E-state index contributed by atoms with van der Waals surface area (Å²) >= 11 is 0. The second-order valence-corrected chi connectivity index (χ2v) is 6.50. The van der Waals surface area contributed by atoms with Crippen LogP contribution in [0.15, 0.2) is 73.6 Å². The number of aliphatic hydroxyl groups excluding tert-OH is 1. The van der Waals surface area contributed by atoms with Gasteiger partial charge in [0.25, 0.3) is 11.8 Å². The fourth-order valence-electron chi connectivity index (χ4n) is 2.63. The molecule has 4 N–H and O–H groups in total. The van der Waals surface area contributed by atoms with Crippen molar-refractivity contribution in [1.82, 2.24) is 29.9 Å². The minimum atomic E-state index is -1.43. The monoisotopic (exact) mass is 443 g/mol. The summed E-state index contributed by atoms with van der Waals surface area (Å²) in [5, 5.41) is 18.6. The van der Waals surface area contributed by atoms with Crippen molar-refractivity contribution in [2.45, 2.75) is 6.23 Å². The number of carbonyl (C=O) groups excluding carboxylic acids is 2. The number of hydrogen-bond donors (Lipinski definition) is 4. The van der Waals surface area contributed by atoms with E-state index >= 15 is 0 Å². The van der Waals surface area contributed by atoms with Crippen LogP contribution in [0.4, 0.5) is 17.1 Å². The molecule has 164 valence electrons. The van der Waals surface area contributed by atoms with E-state index in [0.717, 1.165) is 0 Å². The summed E-state index contributed by atoms with van der Waals surface area (Å²) in [6.45, 7) is 0. The van der Waals surface area contributed by atoms with Gasteiger partial charge in [0.1, 0.15) is 0 Å². The molecule has 0 aromatic carbocycles. The molecule has 4 aromatic rings. The quantitative estimate of drug-likeness (QED) is 0.308. The molecule has 4 aromatic heterocycles. The van der Waals surface area contributed by atoms with Crippen LogP contribution in [0, 0.1) is 0 Å². The molecule has 0 aliphatic rings. The van der Waals surface area contributed by atoms with Crippen molar-refractivity contribution in [3.8, 4) is 0 Å². The first-order valence-corrected chi connectivity index (χ1v) is 9.62. The van der Waals surface area contributed by atoms with Crippen LogP contribution in [-0.4, -0.2) is 46.8 Å². The first-order valence-electron chi connectivity index (χ1n) is 9.62. The highest BCUT2D eigenvalue weighted by molar-refractivity contribution is 6.04. The average Bonchev–Trinajstić information content (AvgIpc) is 2.85. The Morgan fingerprint density at radius 1 is 0.636 bits per heavy atom. The molecule has 2 amide bonds. The molecule has 0 bridgehead atoms. The van der Waals surface area contributed by atoms with Crippen LogP contribution in [0.5, 0.6) is 0 Å². The van der Waals surface area contributed by atoms with Crippen LogP contribution in [0.1, 0.15) is 33.3 Å². The van der Waals surface area contributed by atoms with Gasteiger partial charge >= 0.3 is 0 Å². The topological polar surface area (TPSA) is 168 Å². The van der Waals surface area contributed by atoms with Crippen LogP contribution in [-0.2, 0) is 0 Å². The molecule has 1 atom stereocenters. The fraction of sp³-hybridized carbons (Fsp3) is 0.0476. The summed E-state index contributed by atoms with van der Waals surface area (Å²) in [5.74, 6) is -2.32. The number of nitrogens with zero attached hydrogens (tertiary/aromatic N) is 6. The predicted molar refractivity (Wildman–Crippen MR) is 117 cm³/mol. The first-order chi connectivity index (χ1) is 16.1. The van der Waals surface area contributed by atoms with Crippen molar-refractivity contribution in [1.29, 1.82) is 0 Å². The van der Waals surface area contributed by atoms with Crippen molar-refractivity contribution in [2.75, 3.05) is 16.0 Å². The molecular formula is C21H17N9O3. The van der Waals surface area contributed by atoms with Crippen molar-refractivity contribution in [3.05, 3.63) is 91.1 Å². The van der Waals surface area contributed by atoms with E-state index < -0.39 is 18.0 Å². The number of amides is 2. The standard InChI is InChI=1S/C21H17N9O3/c31-19(25-13-1-7-22-8-2-13)16-28-17(20(32)26-14-3-9-23-10-4-14)30-18(29-16)21(33)27-15-5-11-24-12-6-15/h1-12,19,31H,(H,22,25)(H,23,26,32)(H,24,27,33). The molecule has 12 heteroatoms. The fourth-order valence-corrected chi connectivity index (χ4v) is 2.63. The summed E-state index contributed by atoms with van der Waals surface area (Å²) in [4.78, 5) is 49.2. The lowest BCUT2D eigenvalue weighted by Crippen LogP contribution is -2.25. The lowest BCUT2D eigenvalue weighted by Gasteiger charge is -2.14. The molecule has 0 aliphatic carbocycles. The summed E-state index contributed by atoms with van der Waals surface area (Å²) in [5.41, 5.74) is 1.44. The van der Waals surface area contributed by atoms with Gasteiger partial charge < -0.3 is 21.1 Å². The number of pyridine rings is 3. The zero-order chi connectivity index (χ0) is 23.0. The Kier molecular flexibility index (Phi) is 6.47. The number of rotatable bonds is 7. The minimum absolute atomic E-state index is 0.221. The molecule has 4 heterocycles. The van der Waals surface area contributed by atoms with Gasteiger partial charge in [0.2, 0.25) is 11.6 Å². The number of aliphatic hydroxyl groups is 1. The third kappa shape index (κ3) is 5.65. The summed E-state index contributed by atoms with van der Waals surface area (Å²) in [6.07, 6.45) is 7.65. The molecule has 4 rings (SSSR count). The average molecular weight is 443 g/mol. The van der Waals surface area contributed by atoms with Gasteiger partial charge in [-0.3, -0.25) is 24.5 Å². The number of hydrogen-bond acceptors (Lipinski definition) is 10. The molecule has 0 saturated carbocycles. The molecule has 0 aliphatic heterocycles. The summed E-state index contributed by atoms with van der Waals surface area (Å²) < 4.78 is 0. The molecule has 0 radical (unpaired) electrons. The Morgan fingerprint density at radius 2 is 1.03 bits per heavy atom. The molecule has 0 fully saturated rings. The lowest BCUT2D eigenvalue weighted by atomic mass is 10.3. The minimum Gasteiger partial charge on any atom is -0.367 e. The van der Waals surface area contributed by atoms with Crippen molar-refractivity contribution < 1.29 is 14.7 Å². The highest BCUT2D eigenvalue weighted by Crippen LogP contribution is 2.15. The van der Waals surface area contributed by atoms with E-state index in [-0.39, 0.29) is 17.5 Å². The third-order valence-corrected chi connectivity index (χ3v) is 4.16. The van der Waals surface area contributed by atoms with Gasteiger partial charge in [-0.1, -0.05) is 0 Å². The Labute approximate surface area is 187 Å². The Hall–Kier alpha value is -4.84. The smallest absolute Gasteiger partial charge is 0.293 e. The zero-order valence-corrected chi connectivity index (χ0v) is 17.0. The van der Waals surface area contributed by atoms with Crippen LogP contribution in [0.2, 0.25) is 0 Å². The van der Waals surface area contributed by atoms with Gasteiger partial charge in [0.05, 0.1) is 0 Å². The van der Waals surface area contributed by atoms with E-state index in [1.54, 1.807) is 36.4 Å². The van der Waals surface area contributed by atoms with Crippen LogP contribution < -0.4 is 16.0 Å². The van der Waals surface area contributed by atoms with Crippen LogP contribution in [0.3, 0.4) is 0 Å². The second-order valence-electron chi connectivity index (χ2n) is 6.50. The van der Waals surface area contributed by atoms with Gasteiger partial charge in [0.15, 0.2) is 12.1 Å². The van der Waals surface area contributed by atoms with Gasteiger partial charge in [0, 0.05) is 54.2 Å². The van der Waals surface area contributed by atoms with E-state index in [9.17, 15) is 14.7 Å². The van der Waals surface area contributed by atoms with Crippen LogP contribution in [0.25, 0.3) is 0 Å². The molecule has 0 spiro atoms. The first kappa shape index (κ1) is 21.4. The largest absolute Gasteiger partial charge is 0.367 e.